The summed E-state index contributed by atoms with van der Waals surface area (Å²) in [6.45, 7) is 19.8. The van der Waals surface area contributed by atoms with Gasteiger partial charge in [0.15, 0.2) is 0 Å². The molecule has 4 N–H and O–H groups in total. The second-order valence-electron chi connectivity index (χ2n) is 23.9. The molecular formula is C76H77BrCl3MgN9O2S2. The predicted molar refractivity (Wildman–Crippen MR) is 391 cm³/mol. The zero-order valence-electron chi connectivity index (χ0n) is 54.7. The molecule has 0 aliphatic rings. The Hall–Kier alpha value is -6.67. The summed E-state index contributed by atoms with van der Waals surface area (Å²) in [5, 5.41) is 3.42. The average Bonchev–Trinajstić information content (AvgIpc) is 0.792. The smallest absolute Gasteiger partial charge is 1.00 e. The molecule has 12 rings (SSSR count). The Morgan fingerprint density at radius 3 is 1.22 bits per heavy atom. The standard InChI is InChI=1S/C27H29N3OS.C25H22ClN3OS.C23H21N3.CH3.BrH.2ClH.Mg/c1-18(30-32(31)27(3,4)5)20-11-13-22(14-12-20)26-24(21-9-7-6-8-10-21)17-23-19(2)28-16-15-25(23)29-26;1-25(2,3)31(30)28-16-17-9-11-19(12-10-17)23-20(18-7-5-4-6-8-18)15-21-22(29-23)13-14-27-24(21)26;1-15(24)17-8-10-19(11-9-17)23-21(18-6-4-3-5-7-18)14-20-16(2)25-13-12-22(20)26-23;;;;;/h6-18,30H,1-5H3;4-16H,1-3H3;3-15H,24H2,1-2H3;1H3;3*1H;/q;;;-1;;;;+2/p-1. The maximum Gasteiger partial charge on any atom is 2.00 e. The molecule has 480 valence electrons. The Bertz CT molecular complexity index is 4440. The second-order valence-corrected chi connectivity index (χ2v) is 28.2. The summed E-state index contributed by atoms with van der Waals surface area (Å²) in [6.07, 6.45) is 6.95. The number of halogens is 4. The van der Waals surface area contributed by atoms with Gasteiger partial charge in [-0.15, -0.1) is 17.1 Å². The van der Waals surface area contributed by atoms with Gasteiger partial charge in [0.1, 0.15) is 32.1 Å². The van der Waals surface area contributed by atoms with Crippen molar-refractivity contribution < 1.29 is 44.2 Å². The van der Waals surface area contributed by atoms with Crippen LogP contribution in [0, 0.1) is 21.3 Å². The summed E-state index contributed by atoms with van der Waals surface area (Å²) in [7, 11) is 0. The molecule has 94 heavy (non-hydrogen) atoms. The number of hydrogen-bond donors (Lipinski definition) is 2. The third-order valence-corrected chi connectivity index (χ3v) is 18.4. The molecule has 0 bridgehead atoms. The summed E-state index contributed by atoms with van der Waals surface area (Å²) in [5.41, 5.74) is 24.5. The van der Waals surface area contributed by atoms with E-state index < -0.39 is 22.7 Å². The predicted octanol–water partition coefficient (Wildman–Crippen LogP) is 12.0. The van der Waals surface area contributed by atoms with E-state index in [1.54, 1.807) is 12.4 Å². The van der Waals surface area contributed by atoms with Gasteiger partial charge < -0.3 is 51.7 Å². The molecule has 0 aliphatic heterocycles. The van der Waals surface area contributed by atoms with Crippen molar-refractivity contribution in [3.05, 3.63) is 259 Å². The Balaban J connectivity index is 0.000000250. The number of rotatable bonds is 12. The number of nitrogens with zero attached hydrogens (tertiary/aromatic N) is 7. The molecule has 0 saturated carbocycles. The van der Waals surface area contributed by atoms with E-state index >= 15 is 0 Å². The molecule has 18 heteroatoms. The van der Waals surface area contributed by atoms with Gasteiger partial charge in [-0.3, -0.25) is 9.97 Å². The minimum Gasteiger partial charge on any atom is -1.00 e. The molecule has 0 saturated heterocycles. The third kappa shape index (κ3) is 19.1. The molecule has 0 fully saturated rings. The van der Waals surface area contributed by atoms with Crippen molar-refractivity contribution >= 4 is 109 Å². The number of nitrogens with one attached hydrogen (secondary N) is 1. The van der Waals surface area contributed by atoms with Crippen molar-refractivity contribution in [2.45, 2.75) is 90.8 Å². The van der Waals surface area contributed by atoms with Crippen LogP contribution in [-0.2, 0) is 22.7 Å². The van der Waals surface area contributed by atoms with Crippen molar-refractivity contribution in [3.8, 4) is 67.2 Å². The van der Waals surface area contributed by atoms with Crippen LogP contribution in [0.2, 0.25) is 5.15 Å². The molecule has 0 spiro atoms. The first kappa shape index (κ1) is 78.0. The molecule has 11 nitrogen and oxygen atoms in total. The zero-order chi connectivity index (χ0) is 63.0. The molecule has 4 atom stereocenters. The molecule has 12 aromatic rings. The van der Waals surface area contributed by atoms with Crippen LogP contribution in [0.5, 0.6) is 0 Å². The van der Waals surface area contributed by atoms with E-state index in [1.165, 1.54) is 5.56 Å². The van der Waals surface area contributed by atoms with Crippen molar-refractivity contribution in [1.29, 1.82) is 0 Å². The third-order valence-electron chi connectivity index (χ3n) is 15.1. The van der Waals surface area contributed by atoms with E-state index in [2.05, 4.69) is 146 Å². The molecule has 0 radical (unpaired) electrons. The number of hydrogen-bond acceptors (Lipinski definition) is 10. The van der Waals surface area contributed by atoms with Crippen LogP contribution in [0.25, 0.3) is 99.9 Å². The number of aromatic nitrogens is 6. The molecule has 0 aliphatic carbocycles. The van der Waals surface area contributed by atoms with Crippen molar-refractivity contribution in [3.63, 3.8) is 0 Å². The summed E-state index contributed by atoms with van der Waals surface area (Å²) >= 11 is 3.93. The molecule has 0 amide bonds. The van der Waals surface area contributed by atoms with Gasteiger partial charge in [0.05, 0.1) is 45.9 Å². The van der Waals surface area contributed by atoms with Crippen LogP contribution in [0.1, 0.15) is 95.6 Å². The van der Waals surface area contributed by atoms with Gasteiger partial charge in [-0.25, -0.2) is 19.9 Å². The van der Waals surface area contributed by atoms with Crippen LogP contribution in [-0.4, -0.2) is 77.8 Å². The first-order valence-corrected chi connectivity index (χ1v) is 32.3. The number of fused-ring (bicyclic) bond motifs is 3. The fraction of sp³-hybridized carbons (Fsp3) is 0.184. The number of aryl methyl sites for hydroxylation is 2. The fourth-order valence-electron chi connectivity index (χ4n) is 10.0. The molecule has 6 heterocycles. The number of benzene rings is 6. The first-order valence-electron chi connectivity index (χ1n) is 29.6. The average molecular weight is 1420 g/mol. The van der Waals surface area contributed by atoms with Gasteiger partial charge in [-0.1, -0.05) is 180 Å². The largest absolute Gasteiger partial charge is 2.00 e. The van der Waals surface area contributed by atoms with Gasteiger partial charge in [0.2, 0.25) is 0 Å². The monoisotopic (exact) mass is 1420 g/mol. The maximum atomic E-state index is 12.5. The Morgan fingerprint density at radius 2 is 0.851 bits per heavy atom. The molecular weight excluding hydrogens is 1350 g/mol. The normalized spacial score (nSPS) is 12.4. The van der Waals surface area contributed by atoms with E-state index in [4.69, 9.17) is 26.6 Å². The minimum absolute atomic E-state index is 0. The molecule has 6 aromatic heterocycles. The van der Waals surface area contributed by atoms with Crippen LogP contribution in [0.15, 0.2) is 223 Å². The number of quaternary nitrogens is 1. The minimum atomic E-state index is -1.29. The topological polar surface area (TPSA) is 175 Å². The Morgan fingerprint density at radius 1 is 0.500 bits per heavy atom. The van der Waals surface area contributed by atoms with Gasteiger partial charge in [-0.05, 0) is 133 Å². The molecule has 6 aromatic carbocycles. The van der Waals surface area contributed by atoms with Crippen molar-refractivity contribution in [2.75, 3.05) is 0 Å². The van der Waals surface area contributed by atoms with Gasteiger partial charge in [0, 0.05) is 96.4 Å². The van der Waals surface area contributed by atoms with E-state index in [9.17, 15) is 9.11 Å². The van der Waals surface area contributed by atoms with Crippen LogP contribution in [0.4, 0.5) is 0 Å². The zero-order valence-corrected chi connectivity index (χ0v) is 61.7. The SMILES string of the molecule is CC(C)(C)[S+]([O-])N=Cc1ccc(-c2nc3ccnc(Cl)c3cc2-c2ccccc2)cc1.Cc1nccc2nc(-c3ccc(C(C)N[S+]([O-])C(C)(C)C)cc3)c(-c3ccccc3)cc12.Cc1nccc2nc(-c3ccc(C(C)[NH3+])cc3)c(-c3ccccc3)cc12.Cl.[Br-].[CH3-].[Cl-].[Mg+2]. The summed E-state index contributed by atoms with van der Waals surface area (Å²) in [5.74, 6) is 0. The summed E-state index contributed by atoms with van der Waals surface area (Å²) < 4.78 is 31.4. The Kier molecular flexibility index (Phi) is 28.9. The summed E-state index contributed by atoms with van der Waals surface area (Å²) in [6, 6.07) is 68.3. The van der Waals surface area contributed by atoms with Crippen LogP contribution < -0.4 is 39.8 Å². The van der Waals surface area contributed by atoms with E-state index in [0.717, 1.165) is 122 Å². The van der Waals surface area contributed by atoms with Crippen LogP contribution in [0.3, 0.4) is 0 Å². The van der Waals surface area contributed by atoms with E-state index in [0.29, 0.717) is 5.15 Å². The molecule has 4 unspecified atom stereocenters. The van der Waals surface area contributed by atoms with E-state index in [1.807, 2.05) is 166 Å². The quantitative estimate of drug-likeness (QED) is 0.0396. The first-order chi connectivity index (χ1) is 42.7. The number of pyridine rings is 6. The summed E-state index contributed by atoms with van der Waals surface area (Å²) in [4.78, 5) is 28.0. The Labute approximate surface area is 604 Å². The van der Waals surface area contributed by atoms with Gasteiger partial charge >= 0.3 is 23.1 Å². The van der Waals surface area contributed by atoms with Crippen molar-refractivity contribution in [1.82, 2.24) is 34.6 Å². The van der Waals surface area contributed by atoms with E-state index in [-0.39, 0.29) is 93.9 Å². The maximum absolute atomic E-state index is 12.5. The fourth-order valence-corrected chi connectivity index (χ4v) is 11.6. The van der Waals surface area contributed by atoms with Crippen molar-refractivity contribution in [2.24, 2.45) is 4.40 Å². The second kappa shape index (κ2) is 34.8. The van der Waals surface area contributed by atoms with Crippen LogP contribution >= 0.6 is 24.0 Å². The van der Waals surface area contributed by atoms with Gasteiger partial charge in [0.25, 0.3) is 0 Å². The van der Waals surface area contributed by atoms with Gasteiger partial charge in [-0.2, -0.15) is 0 Å².